The summed E-state index contributed by atoms with van der Waals surface area (Å²) >= 11 is 0. The van der Waals surface area contributed by atoms with Crippen LogP contribution in [0.5, 0.6) is 0 Å². The van der Waals surface area contributed by atoms with Gasteiger partial charge >= 0.3 is 0 Å². The van der Waals surface area contributed by atoms with Gasteiger partial charge < -0.3 is 14.5 Å². The molecular weight excluding hydrogens is 220 g/mol. The molecule has 0 N–H and O–H groups in total. The Bertz CT molecular complexity index is 726. The summed E-state index contributed by atoms with van der Waals surface area (Å²) in [5.74, 6) is -0.0142. The van der Waals surface area contributed by atoms with Gasteiger partial charge in [0.05, 0.1) is 23.5 Å². The Morgan fingerprint density at radius 3 is 2.76 bits per heavy atom. The number of benzene rings is 1. The Morgan fingerprint density at radius 2 is 2.06 bits per heavy atom. The number of hydrogen-bond donors (Lipinski definition) is 0. The Labute approximate surface area is 96.1 Å². The van der Waals surface area contributed by atoms with Gasteiger partial charge in [-0.1, -0.05) is 12.1 Å². The lowest BCUT2D eigenvalue weighted by molar-refractivity contribution is -0.306. The minimum absolute atomic E-state index is 0.227. The Hall–Kier alpha value is -2.37. The van der Waals surface area contributed by atoms with E-state index in [1.54, 1.807) is 16.0 Å². The molecule has 0 aliphatic carbocycles. The van der Waals surface area contributed by atoms with Crippen molar-refractivity contribution in [3.63, 3.8) is 0 Å². The summed E-state index contributed by atoms with van der Waals surface area (Å²) in [4.78, 5) is 15.0. The van der Waals surface area contributed by atoms with Gasteiger partial charge in [-0.15, -0.1) is 5.10 Å². The zero-order valence-electron chi connectivity index (χ0n) is 9.12. The first-order valence-electron chi connectivity index (χ1n) is 5.17. The highest BCUT2D eigenvalue weighted by atomic mass is 16.4. The van der Waals surface area contributed by atoms with Crippen molar-refractivity contribution < 1.29 is 9.90 Å². The van der Waals surface area contributed by atoms with Crippen LogP contribution in [0.4, 0.5) is 0 Å². The van der Waals surface area contributed by atoms with Gasteiger partial charge in [0.2, 0.25) is 5.78 Å². The normalized spacial score (nSPS) is 11.4. The van der Waals surface area contributed by atoms with Crippen molar-refractivity contribution in [2.24, 2.45) is 0 Å². The molecule has 86 valence electrons. The number of carboxylic acid groups (broad SMARTS) is 1. The van der Waals surface area contributed by atoms with E-state index in [0.717, 1.165) is 11.0 Å². The largest absolute Gasteiger partial charge is 0.548 e. The van der Waals surface area contributed by atoms with Gasteiger partial charge in [0.1, 0.15) is 5.82 Å². The number of imidazole rings is 1. The third-order valence-corrected chi connectivity index (χ3v) is 2.63. The molecule has 0 amide bonds. The van der Waals surface area contributed by atoms with Crippen molar-refractivity contribution in [3.05, 3.63) is 30.1 Å². The fourth-order valence-electron chi connectivity index (χ4n) is 2.00. The maximum absolute atomic E-state index is 10.8. The molecule has 0 atom stereocenters. The highest BCUT2D eigenvalue weighted by Crippen LogP contribution is 2.18. The van der Waals surface area contributed by atoms with Crippen LogP contribution >= 0.6 is 0 Å². The molecule has 17 heavy (non-hydrogen) atoms. The number of aromatic nitrogens is 4. The van der Waals surface area contributed by atoms with Gasteiger partial charge in [0, 0.05) is 0 Å². The highest BCUT2D eigenvalue weighted by Gasteiger charge is 2.13. The van der Waals surface area contributed by atoms with Gasteiger partial charge in [-0.05, 0) is 19.1 Å². The maximum Gasteiger partial charge on any atom is 0.234 e. The molecule has 2 heterocycles. The lowest BCUT2D eigenvalue weighted by atomic mass is 10.3. The number of nitrogens with zero attached hydrogens (tertiary/aromatic N) is 4. The van der Waals surface area contributed by atoms with Crippen LogP contribution in [0, 0.1) is 6.92 Å². The quantitative estimate of drug-likeness (QED) is 0.606. The van der Waals surface area contributed by atoms with Crippen molar-refractivity contribution in [1.29, 1.82) is 0 Å². The molecule has 1 aromatic carbocycles. The van der Waals surface area contributed by atoms with E-state index >= 15 is 0 Å². The molecule has 0 aliphatic rings. The minimum Gasteiger partial charge on any atom is -0.548 e. The maximum atomic E-state index is 10.8. The van der Waals surface area contributed by atoms with Crippen molar-refractivity contribution >= 4 is 22.8 Å². The van der Waals surface area contributed by atoms with Gasteiger partial charge in [-0.2, -0.15) is 9.50 Å². The zero-order valence-corrected chi connectivity index (χ0v) is 9.12. The number of carbonyl (C=O) groups is 1. The second-order valence-electron chi connectivity index (χ2n) is 3.82. The smallest absolute Gasteiger partial charge is 0.234 e. The first-order chi connectivity index (χ1) is 8.16. The van der Waals surface area contributed by atoms with Crippen molar-refractivity contribution in [3.8, 4) is 0 Å². The van der Waals surface area contributed by atoms with E-state index in [1.165, 1.54) is 0 Å². The van der Waals surface area contributed by atoms with E-state index in [0.29, 0.717) is 11.6 Å². The summed E-state index contributed by atoms with van der Waals surface area (Å²) in [6.45, 7) is 1.54. The summed E-state index contributed by atoms with van der Waals surface area (Å²) < 4.78 is 3.23. The number of carbonyl (C=O) groups excluding carboxylic acids is 1. The lowest BCUT2D eigenvalue weighted by Gasteiger charge is -2.04. The lowest BCUT2D eigenvalue weighted by Crippen LogP contribution is -2.27. The van der Waals surface area contributed by atoms with E-state index in [4.69, 9.17) is 0 Å². The van der Waals surface area contributed by atoms with Crippen molar-refractivity contribution in [1.82, 2.24) is 19.2 Å². The third kappa shape index (κ3) is 1.37. The van der Waals surface area contributed by atoms with Gasteiger partial charge in [-0.3, -0.25) is 0 Å². The number of hydrogen-bond acceptors (Lipinski definition) is 4. The van der Waals surface area contributed by atoms with E-state index in [-0.39, 0.29) is 6.54 Å². The van der Waals surface area contributed by atoms with Crippen LogP contribution in [0.15, 0.2) is 24.3 Å². The van der Waals surface area contributed by atoms with E-state index < -0.39 is 5.97 Å². The average Bonchev–Trinajstić information content (AvgIpc) is 2.78. The minimum atomic E-state index is -1.14. The fourth-order valence-corrected chi connectivity index (χ4v) is 2.00. The first kappa shape index (κ1) is 9.83. The number of aliphatic carboxylic acids is 1. The predicted molar refractivity (Wildman–Crippen MR) is 58.2 cm³/mol. The molecule has 0 saturated heterocycles. The van der Waals surface area contributed by atoms with Crippen LogP contribution in [0.3, 0.4) is 0 Å². The topological polar surface area (TPSA) is 75.2 Å². The average molecular weight is 229 g/mol. The third-order valence-electron chi connectivity index (χ3n) is 2.63. The van der Waals surface area contributed by atoms with Crippen molar-refractivity contribution in [2.75, 3.05) is 0 Å². The van der Waals surface area contributed by atoms with Gasteiger partial charge in [0.15, 0.2) is 0 Å². The molecule has 6 heteroatoms. The molecule has 0 bridgehead atoms. The van der Waals surface area contributed by atoms with Crippen LogP contribution < -0.4 is 5.11 Å². The summed E-state index contributed by atoms with van der Waals surface area (Å²) in [6.07, 6.45) is 0. The molecule has 3 aromatic rings. The first-order valence-corrected chi connectivity index (χ1v) is 5.17. The summed E-state index contributed by atoms with van der Waals surface area (Å²) in [5, 5.41) is 15.0. The number of carboxylic acids is 1. The van der Waals surface area contributed by atoms with E-state index in [2.05, 4.69) is 10.1 Å². The molecule has 0 fully saturated rings. The molecule has 6 nitrogen and oxygen atoms in total. The number of para-hydroxylation sites is 2. The number of aryl methyl sites for hydroxylation is 1. The second-order valence-corrected chi connectivity index (χ2v) is 3.82. The van der Waals surface area contributed by atoms with Crippen molar-refractivity contribution in [2.45, 2.75) is 13.5 Å². The summed E-state index contributed by atoms with van der Waals surface area (Å²) in [5.41, 5.74) is 1.62. The fraction of sp³-hybridized carbons (Fsp3) is 0.182. The van der Waals surface area contributed by atoms with Crippen LogP contribution in [-0.2, 0) is 11.3 Å². The highest BCUT2D eigenvalue weighted by molar-refractivity contribution is 5.82. The van der Waals surface area contributed by atoms with Crippen LogP contribution in [0.25, 0.3) is 16.8 Å². The molecular formula is C11H9N4O2-. The molecule has 0 spiro atoms. The predicted octanol–water partition coefficient (Wildman–Crippen LogP) is -0.258. The van der Waals surface area contributed by atoms with Crippen LogP contribution in [0.1, 0.15) is 5.82 Å². The Balaban J connectivity index is 2.43. The molecule has 2 aromatic heterocycles. The SMILES string of the molecule is Cc1nc2n(CC(=O)[O-])c3ccccc3n2n1. The standard InChI is InChI=1S/C11H10N4O2/c1-7-12-11-14(6-10(16)17)8-4-2-3-5-9(8)15(11)13-7/h2-5H,6H2,1H3,(H,16,17)/p-1. The van der Waals surface area contributed by atoms with Gasteiger partial charge in [-0.25, -0.2) is 0 Å². The second kappa shape index (κ2) is 3.31. The zero-order chi connectivity index (χ0) is 12.0. The molecule has 0 saturated carbocycles. The molecule has 0 radical (unpaired) electrons. The monoisotopic (exact) mass is 229 g/mol. The summed E-state index contributed by atoms with van der Waals surface area (Å²) in [6, 6.07) is 7.44. The number of fused-ring (bicyclic) bond motifs is 3. The number of rotatable bonds is 2. The Kier molecular flexibility index (Phi) is 1.91. The van der Waals surface area contributed by atoms with Gasteiger partial charge in [0.25, 0.3) is 0 Å². The molecule has 0 unspecified atom stereocenters. The van der Waals surface area contributed by atoms with E-state index in [9.17, 15) is 9.90 Å². The molecule has 3 rings (SSSR count). The van der Waals surface area contributed by atoms with Crippen LogP contribution in [-0.4, -0.2) is 25.1 Å². The molecule has 0 aliphatic heterocycles. The van der Waals surface area contributed by atoms with Crippen LogP contribution in [0.2, 0.25) is 0 Å². The summed E-state index contributed by atoms with van der Waals surface area (Å²) in [7, 11) is 0. The van der Waals surface area contributed by atoms with E-state index in [1.807, 2.05) is 24.3 Å². The Morgan fingerprint density at radius 1 is 1.35 bits per heavy atom.